The number of esters is 1. The van der Waals surface area contributed by atoms with E-state index in [1.165, 1.54) is 6.07 Å². The van der Waals surface area contributed by atoms with Crippen LogP contribution in [0.1, 0.15) is 50.9 Å². The van der Waals surface area contributed by atoms with E-state index in [1.54, 1.807) is 31.5 Å². The third kappa shape index (κ3) is 6.07. The Balaban J connectivity index is 0.00000341. The first-order chi connectivity index (χ1) is 14.3. The van der Waals surface area contributed by atoms with Gasteiger partial charge in [-0.15, -0.1) is 0 Å². The highest BCUT2D eigenvalue weighted by atomic mass is 19.1. The van der Waals surface area contributed by atoms with Crippen LogP contribution in [0.3, 0.4) is 0 Å². The predicted molar refractivity (Wildman–Crippen MR) is 115 cm³/mol. The monoisotopic (exact) mass is 429 g/mol. The first kappa shape index (κ1) is 23.9. The van der Waals surface area contributed by atoms with E-state index in [0.717, 1.165) is 12.8 Å². The molecule has 8 nitrogen and oxygen atoms in total. The number of nitrogens with one attached hydrogen (secondary N) is 1. The topological polar surface area (TPSA) is 122 Å². The van der Waals surface area contributed by atoms with Gasteiger partial charge in [-0.2, -0.15) is 0 Å². The summed E-state index contributed by atoms with van der Waals surface area (Å²) in [6.45, 7) is 2.69. The summed E-state index contributed by atoms with van der Waals surface area (Å²) in [5.74, 6) is -0.566. The molecule has 0 radical (unpaired) electrons. The lowest BCUT2D eigenvalue weighted by Crippen LogP contribution is -2.36. The van der Waals surface area contributed by atoms with Gasteiger partial charge in [-0.25, -0.2) is 14.4 Å². The van der Waals surface area contributed by atoms with Gasteiger partial charge in [-0.1, -0.05) is 25.6 Å². The summed E-state index contributed by atoms with van der Waals surface area (Å²) in [6.07, 6.45) is 4.44. The van der Waals surface area contributed by atoms with E-state index in [4.69, 9.17) is 15.9 Å². The van der Waals surface area contributed by atoms with Gasteiger partial charge >= 0.3 is 5.97 Å². The van der Waals surface area contributed by atoms with Gasteiger partial charge in [-0.05, 0) is 12.8 Å². The van der Waals surface area contributed by atoms with Gasteiger partial charge in [0.05, 0.1) is 0 Å². The summed E-state index contributed by atoms with van der Waals surface area (Å²) in [7, 11) is 0. The molecule has 1 fully saturated rings. The van der Waals surface area contributed by atoms with Gasteiger partial charge in [-0.3, -0.25) is 15.0 Å². The van der Waals surface area contributed by atoms with Crippen molar-refractivity contribution in [2.45, 2.75) is 46.1 Å². The van der Waals surface area contributed by atoms with Crippen LogP contribution in [0.15, 0.2) is 30.6 Å². The number of ether oxygens (including phenoxy) is 1. The number of halogens is 1. The number of rotatable bonds is 6. The molecular formula is C22H28FN5O3. The smallest absolute Gasteiger partial charge is 0.313 e. The van der Waals surface area contributed by atoms with E-state index in [2.05, 4.69) is 9.97 Å². The van der Waals surface area contributed by atoms with Gasteiger partial charge in [0.15, 0.2) is 0 Å². The second-order valence-corrected chi connectivity index (χ2v) is 7.25. The molecule has 0 atom stereocenters. The van der Waals surface area contributed by atoms with Gasteiger partial charge in [0.2, 0.25) is 5.91 Å². The molecule has 1 amide bonds. The van der Waals surface area contributed by atoms with E-state index >= 15 is 0 Å². The molecule has 2 heterocycles. The van der Waals surface area contributed by atoms with Crippen LogP contribution >= 0.6 is 0 Å². The summed E-state index contributed by atoms with van der Waals surface area (Å²) < 4.78 is 19.9. The minimum atomic E-state index is -0.684. The van der Waals surface area contributed by atoms with Crippen LogP contribution in [0.5, 0.6) is 0 Å². The molecule has 3 rings (SSSR count). The zero-order chi connectivity index (χ0) is 21.7. The molecule has 1 aromatic heterocycles. The SMILES string of the molecule is C.CC(=O)N1CCC(c2ncc(-c3cccc(COC(=O)CC(=N)N)c3F)cn2)CC1. The molecule has 166 valence electrons. The van der Waals surface area contributed by atoms with Crippen molar-refractivity contribution in [2.75, 3.05) is 13.1 Å². The Labute approximate surface area is 181 Å². The quantitative estimate of drug-likeness (QED) is 0.413. The number of carbonyl (C=O) groups excluding carboxylic acids is 2. The maximum atomic E-state index is 14.9. The number of benzene rings is 1. The zero-order valence-electron chi connectivity index (χ0n) is 16.7. The van der Waals surface area contributed by atoms with Crippen LogP contribution in [0.25, 0.3) is 11.1 Å². The maximum Gasteiger partial charge on any atom is 0.313 e. The summed E-state index contributed by atoms with van der Waals surface area (Å²) in [5.41, 5.74) is 6.20. The predicted octanol–water partition coefficient (Wildman–Crippen LogP) is 3.01. The van der Waals surface area contributed by atoms with Crippen LogP contribution in [0.2, 0.25) is 0 Å². The fraction of sp³-hybridized carbons (Fsp3) is 0.409. The first-order valence-corrected chi connectivity index (χ1v) is 9.69. The van der Waals surface area contributed by atoms with E-state index < -0.39 is 11.8 Å². The van der Waals surface area contributed by atoms with Crippen LogP contribution in [-0.2, 0) is 20.9 Å². The van der Waals surface area contributed by atoms with Crippen LogP contribution in [0.4, 0.5) is 4.39 Å². The minimum Gasteiger partial charge on any atom is -0.460 e. The second-order valence-electron chi connectivity index (χ2n) is 7.25. The van der Waals surface area contributed by atoms with Gasteiger partial charge in [0.1, 0.15) is 30.5 Å². The standard InChI is InChI=1S/C21H24FN5O3.CH4/c1-13(28)27-7-5-14(6-8-27)21-25-10-16(11-26-21)17-4-2-3-15(20(17)22)12-30-19(29)9-18(23)24;/h2-4,10-11,14H,5-9,12H2,1H3,(H3,23,24);1H4. The highest BCUT2D eigenvalue weighted by Crippen LogP contribution is 2.28. The number of nitrogens with zero attached hydrogens (tertiary/aromatic N) is 3. The Morgan fingerprint density at radius 3 is 2.48 bits per heavy atom. The molecule has 0 saturated carbocycles. The van der Waals surface area contributed by atoms with Gasteiger partial charge in [0.25, 0.3) is 0 Å². The van der Waals surface area contributed by atoms with Crippen LogP contribution in [-0.4, -0.2) is 45.7 Å². The van der Waals surface area contributed by atoms with Crippen molar-refractivity contribution in [3.05, 3.63) is 47.8 Å². The zero-order valence-corrected chi connectivity index (χ0v) is 16.7. The van der Waals surface area contributed by atoms with Crippen molar-refractivity contribution in [3.8, 4) is 11.1 Å². The van der Waals surface area contributed by atoms with Crippen molar-refractivity contribution < 1.29 is 18.7 Å². The number of amidine groups is 1. The number of piperidine rings is 1. The first-order valence-electron chi connectivity index (χ1n) is 9.69. The number of aromatic nitrogens is 2. The molecule has 0 bridgehead atoms. The van der Waals surface area contributed by atoms with Crippen molar-refractivity contribution in [1.82, 2.24) is 14.9 Å². The van der Waals surface area contributed by atoms with Crippen molar-refractivity contribution in [2.24, 2.45) is 5.73 Å². The molecule has 2 aromatic rings. The fourth-order valence-corrected chi connectivity index (χ4v) is 3.42. The van der Waals surface area contributed by atoms with E-state index in [9.17, 15) is 14.0 Å². The lowest BCUT2D eigenvalue weighted by Gasteiger charge is -2.30. The Kier molecular flexibility index (Phi) is 8.18. The Bertz CT molecular complexity index is 941. The molecule has 1 aromatic carbocycles. The molecule has 1 saturated heterocycles. The number of amides is 1. The average molecular weight is 429 g/mol. The Morgan fingerprint density at radius 1 is 1.26 bits per heavy atom. The highest BCUT2D eigenvalue weighted by Gasteiger charge is 2.24. The molecular weight excluding hydrogens is 401 g/mol. The van der Waals surface area contributed by atoms with Crippen molar-refractivity contribution >= 4 is 17.7 Å². The number of hydrogen-bond acceptors (Lipinski definition) is 6. The van der Waals surface area contributed by atoms with Crippen LogP contribution in [0, 0.1) is 11.2 Å². The number of likely N-dealkylation sites (tertiary alicyclic amines) is 1. The second kappa shape index (κ2) is 10.6. The van der Waals surface area contributed by atoms with E-state index in [0.29, 0.717) is 30.0 Å². The normalized spacial score (nSPS) is 13.9. The third-order valence-electron chi connectivity index (χ3n) is 5.09. The molecule has 9 heteroatoms. The van der Waals surface area contributed by atoms with E-state index in [-0.39, 0.29) is 43.7 Å². The van der Waals surface area contributed by atoms with Gasteiger partial charge < -0.3 is 15.4 Å². The molecule has 1 aliphatic rings. The average Bonchev–Trinajstić information content (AvgIpc) is 2.73. The summed E-state index contributed by atoms with van der Waals surface area (Å²) >= 11 is 0. The number of nitrogens with two attached hydrogens (primary N) is 1. The molecule has 3 N–H and O–H groups in total. The summed E-state index contributed by atoms with van der Waals surface area (Å²) in [5, 5.41) is 7.09. The summed E-state index contributed by atoms with van der Waals surface area (Å²) in [4.78, 5) is 33.6. The maximum absolute atomic E-state index is 14.9. The lowest BCUT2D eigenvalue weighted by molar-refractivity contribution is -0.143. The molecule has 0 spiro atoms. The Hall–Kier alpha value is -3.36. The van der Waals surface area contributed by atoms with E-state index in [1.807, 2.05) is 4.90 Å². The van der Waals surface area contributed by atoms with Gasteiger partial charge in [0, 0.05) is 55.0 Å². The Morgan fingerprint density at radius 2 is 1.90 bits per heavy atom. The molecule has 0 unspecified atom stereocenters. The van der Waals surface area contributed by atoms with Crippen molar-refractivity contribution in [1.29, 1.82) is 5.41 Å². The van der Waals surface area contributed by atoms with Crippen LogP contribution < -0.4 is 5.73 Å². The molecule has 31 heavy (non-hydrogen) atoms. The largest absolute Gasteiger partial charge is 0.460 e. The lowest BCUT2D eigenvalue weighted by atomic mass is 9.95. The minimum absolute atomic E-state index is 0. The summed E-state index contributed by atoms with van der Waals surface area (Å²) in [6, 6.07) is 4.80. The molecule has 0 aliphatic carbocycles. The number of hydrogen-bond donors (Lipinski definition) is 2. The molecule has 1 aliphatic heterocycles. The number of carbonyl (C=O) groups is 2. The third-order valence-corrected chi connectivity index (χ3v) is 5.09. The fourth-order valence-electron chi connectivity index (χ4n) is 3.42. The van der Waals surface area contributed by atoms with Crippen molar-refractivity contribution in [3.63, 3.8) is 0 Å². The highest BCUT2D eigenvalue weighted by molar-refractivity contribution is 5.94.